The highest BCUT2D eigenvalue weighted by Gasteiger charge is 2.02. The zero-order valence-electron chi connectivity index (χ0n) is 15.0. The van der Waals surface area contributed by atoms with E-state index in [0.717, 1.165) is 51.6 Å². The molecule has 0 aliphatic rings. The summed E-state index contributed by atoms with van der Waals surface area (Å²) in [5.41, 5.74) is 0. The molecule has 2 N–H and O–H groups in total. The van der Waals surface area contributed by atoms with Gasteiger partial charge in [0.05, 0.1) is 0 Å². The molecule has 0 radical (unpaired) electrons. The molecule has 0 fully saturated rings. The molecule has 0 saturated heterocycles. The second kappa shape index (κ2) is 19.0. The summed E-state index contributed by atoms with van der Waals surface area (Å²) >= 11 is 0. The van der Waals surface area contributed by atoms with Gasteiger partial charge < -0.3 is 20.3 Å². The zero-order chi connectivity index (χ0) is 15.8. The third-order valence-corrected chi connectivity index (χ3v) is 3.14. The molecule has 0 amide bonds. The standard InChI is InChI=1S/C16H36N4O.HI/c1-5-12-20(13-6-2)14-8-10-18-16(17-7-3)19-11-9-15-21-4;/h5-15H2,1-4H3,(H2,17,18,19);1H. The summed E-state index contributed by atoms with van der Waals surface area (Å²) in [6.45, 7) is 13.6. The minimum absolute atomic E-state index is 0. The summed E-state index contributed by atoms with van der Waals surface area (Å²) in [4.78, 5) is 7.09. The van der Waals surface area contributed by atoms with Crippen molar-refractivity contribution >= 4 is 29.9 Å². The fourth-order valence-corrected chi connectivity index (χ4v) is 2.22. The highest BCUT2D eigenvalue weighted by Crippen LogP contribution is 1.95. The summed E-state index contributed by atoms with van der Waals surface area (Å²) in [5, 5.41) is 6.69. The summed E-state index contributed by atoms with van der Waals surface area (Å²) < 4.78 is 5.04. The predicted octanol–water partition coefficient (Wildman–Crippen LogP) is 2.71. The van der Waals surface area contributed by atoms with Crippen LogP contribution in [-0.4, -0.2) is 63.8 Å². The normalized spacial score (nSPS) is 11.4. The highest BCUT2D eigenvalue weighted by atomic mass is 127. The average molecular weight is 428 g/mol. The van der Waals surface area contributed by atoms with Crippen molar-refractivity contribution < 1.29 is 4.74 Å². The van der Waals surface area contributed by atoms with Crippen molar-refractivity contribution in [3.05, 3.63) is 0 Å². The maximum atomic E-state index is 5.04. The molecule has 0 saturated carbocycles. The number of methoxy groups -OCH3 is 1. The first-order chi connectivity index (χ1) is 10.3. The Hall–Kier alpha value is -0.0800. The number of nitrogens with one attached hydrogen (secondary N) is 2. The number of hydrogen-bond donors (Lipinski definition) is 2. The van der Waals surface area contributed by atoms with Crippen LogP contribution >= 0.6 is 24.0 Å². The van der Waals surface area contributed by atoms with Crippen LogP contribution in [0.15, 0.2) is 4.99 Å². The number of nitrogens with zero attached hydrogens (tertiary/aromatic N) is 2. The van der Waals surface area contributed by atoms with Gasteiger partial charge in [-0.15, -0.1) is 24.0 Å². The quantitative estimate of drug-likeness (QED) is 0.205. The fourth-order valence-electron chi connectivity index (χ4n) is 2.22. The molecule has 0 rings (SSSR count). The Balaban J connectivity index is 0. The van der Waals surface area contributed by atoms with E-state index in [0.29, 0.717) is 0 Å². The average Bonchev–Trinajstić information content (AvgIpc) is 2.48. The van der Waals surface area contributed by atoms with Gasteiger partial charge in [-0.2, -0.15) is 0 Å². The molecule has 22 heavy (non-hydrogen) atoms. The first-order valence-electron chi connectivity index (χ1n) is 8.51. The summed E-state index contributed by atoms with van der Waals surface area (Å²) in [7, 11) is 1.73. The molecule has 5 nitrogen and oxygen atoms in total. The number of rotatable bonds is 13. The van der Waals surface area contributed by atoms with Gasteiger partial charge in [0, 0.05) is 33.4 Å². The summed E-state index contributed by atoms with van der Waals surface area (Å²) in [6.07, 6.45) is 4.59. The first kappa shape index (κ1) is 24.2. The van der Waals surface area contributed by atoms with Crippen molar-refractivity contribution in [3.8, 4) is 0 Å². The SMILES string of the molecule is CCCN(CCC)CCCNC(=NCCCOC)NCC.I. The lowest BCUT2D eigenvalue weighted by Crippen LogP contribution is -2.39. The Morgan fingerprint density at radius 3 is 2.23 bits per heavy atom. The topological polar surface area (TPSA) is 48.9 Å². The molecule has 0 heterocycles. The molecular formula is C16H37IN4O. The molecule has 134 valence electrons. The van der Waals surface area contributed by atoms with E-state index < -0.39 is 0 Å². The maximum Gasteiger partial charge on any atom is 0.191 e. The molecule has 0 atom stereocenters. The Morgan fingerprint density at radius 1 is 1.00 bits per heavy atom. The molecule has 0 aliphatic carbocycles. The smallest absolute Gasteiger partial charge is 0.191 e. The van der Waals surface area contributed by atoms with Gasteiger partial charge in [-0.1, -0.05) is 13.8 Å². The molecule has 0 aromatic heterocycles. The van der Waals surface area contributed by atoms with Crippen LogP contribution in [0.3, 0.4) is 0 Å². The van der Waals surface area contributed by atoms with Crippen LogP contribution in [-0.2, 0) is 4.74 Å². The molecule has 0 bridgehead atoms. The van der Waals surface area contributed by atoms with Crippen LogP contribution in [0.5, 0.6) is 0 Å². The summed E-state index contributed by atoms with van der Waals surface area (Å²) in [5.74, 6) is 0.922. The Morgan fingerprint density at radius 2 is 1.68 bits per heavy atom. The number of guanidine groups is 1. The molecule has 6 heteroatoms. The van der Waals surface area contributed by atoms with E-state index in [9.17, 15) is 0 Å². The molecule has 0 unspecified atom stereocenters. The van der Waals surface area contributed by atoms with Crippen LogP contribution in [0.1, 0.15) is 46.5 Å². The summed E-state index contributed by atoms with van der Waals surface area (Å²) in [6, 6.07) is 0. The third-order valence-electron chi connectivity index (χ3n) is 3.14. The van der Waals surface area contributed by atoms with Crippen molar-refractivity contribution in [2.75, 3.05) is 53.0 Å². The lowest BCUT2D eigenvalue weighted by molar-refractivity contribution is 0.197. The van der Waals surface area contributed by atoms with Crippen molar-refractivity contribution in [3.63, 3.8) is 0 Å². The lowest BCUT2D eigenvalue weighted by Gasteiger charge is -2.21. The van der Waals surface area contributed by atoms with Crippen LogP contribution in [0, 0.1) is 0 Å². The Kier molecular flexibility index (Phi) is 20.8. The van der Waals surface area contributed by atoms with E-state index in [1.807, 2.05) is 0 Å². The zero-order valence-corrected chi connectivity index (χ0v) is 17.3. The van der Waals surface area contributed by atoms with Gasteiger partial charge in [-0.3, -0.25) is 4.99 Å². The lowest BCUT2D eigenvalue weighted by atomic mass is 10.3. The minimum atomic E-state index is 0. The predicted molar refractivity (Wildman–Crippen MR) is 108 cm³/mol. The van der Waals surface area contributed by atoms with Gasteiger partial charge in [0.1, 0.15) is 0 Å². The van der Waals surface area contributed by atoms with E-state index in [1.165, 1.54) is 25.9 Å². The molecule has 0 aliphatic heterocycles. The Bertz CT molecular complexity index is 246. The van der Waals surface area contributed by atoms with E-state index in [4.69, 9.17) is 4.74 Å². The van der Waals surface area contributed by atoms with Gasteiger partial charge in [0.2, 0.25) is 0 Å². The monoisotopic (exact) mass is 428 g/mol. The van der Waals surface area contributed by atoms with E-state index in [-0.39, 0.29) is 24.0 Å². The fraction of sp³-hybridized carbons (Fsp3) is 0.938. The van der Waals surface area contributed by atoms with E-state index >= 15 is 0 Å². The molecular weight excluding hydrogens is 391 g/mol. The van der Waals surface area contributed by atoms with E-state index in [1.54, 1.807) is 7.11 Å². The van der Waals surface area contributed by atoms with Crippen molar-refractivity contribution in [2.45, 2.75) is 46.5 Å². The number of halogens is 1. The first-order valence-corrected chi connectivity index (χ1v) is 8.51. The molecule has 0 spiro atoms. The van der Waals surface area contributed by atoms with Gasteiger partial charge in [-0.25, -0.2) is 0 Å². The van der Waals surface area contributed by atoms with Gasteiger partial charge >= 0.3 is 0 Å². The minimum Gasteiger partial charge on any atom is -0.385 e. The number of ether oxygens (including phenoxy) is 1. The highest BCUT2D eigenvalue weighted by molar-refractivity contribution is 14.0. The van der Waals surface area contributed by atoms with Crippen LogP contribution in [0.25, 0.3) is 0 Å². The number of aliphatic imine (C=N–C) groups is 1. The second-order valence-corrected chi connectivity index (χ2v) is 5.23. The van der Waals surface area contributed by atoms with Crippen molar-refractivity contribution in [1.29, 1.82) is 0 Å². The van der Waals surface area contributed by atoms with Gasteiger partial charge in [0.25, 0.3) is 0 Å². The molecule has 0 aromatic carbocycles. The Labute approximate surface area is 154 Å². The number of hydrogen-bond acceptors (Lipinski definition) is 3. The maximum absolute atomic E-state index is 5.04. The van der Waals surface area contributed by atoms with Crippen molar-refractivity contribution in [2.24, 2.45) is 4.99 Å². The third kappa shape index (κ3) is 14.8. The van der Waals surface area contributed by atoms with Crippen LogP contribution in [0.2, 0.25) is 0 Å². The second-order valence-electron chi connectivity index (χ2n) is 5.23. The van der Waals surface area contributed by atoms with Crippen LogP contribution < -0.4 is 10.6 Å². The van der Waals surface area contributed by atoms with Gasteiger partial charge in [0.15, 0.2) is 5.96 Å². The largest absolute Gasteiger partial charge is 0.385 e. The van der Waals surface area contributed by atoms with Crippen molar-refractivity contribution in [1.82, 2.24) is 15.5 Å². The van der Waals surface area contributed by atoms with Crippen LogP contribution in [0.4, 0.5) is 0 Å². The molecule has 0 aromatic rings. The van der Waals surface area contributed by atoms with E-state index in [2.05, 4.69) is 41.3 Å². The van der Waals surface area contributed by atoms with Gasteiger partial charge in [-0.05, 0) is 52.2 Å².